The molecule has 1 aliphatic carbocycles. The largest absolute Gasteiger partial charge is 0.396 e. The fourth-order valence-electron chi connectivity index (χ4n) is 1.94. The summed E-state index contributed by atoms with van der Waals surface area (Å²) in [5.41, 5.74) is 7.71. The van der Waals surface area contributed by atoms with Crippen molar-refractivity contribution >= 4 is 22.9 Å². The highest BCUT2D eigenvalue weighted by Crippen LogP contribution is 2.30. The molecule has 5 nitrogen and oxygen atoms in total. The number of amides is 1. The minimum absolute atomic E-state index is 0.0568. The van der Waals surface area contributed by atoms with Gasteiger partial charge < -0.3 is 10.6 Å². The number of thiophene rings is 1. The average Bonchev–Trinajstić information content (AvgIpc) is 2.89. The van der Waals surface area contributed by atoms with E-state index in [1.54, 1.807) is 11.3 Å². The van der Waals surface area contributed by atoms with Gasteiger partial charge in [-0.1, -0.05) is 0 Å². The third-order valence-corrected chi connectivity index (χ3v) is 3.80. The van der Waals surface area contributed by atoms with Crippen molar-refractivity contribution in [3.8, 4) is 0 Å². The summed E-state index contributed by atoms with van der Waals surface area (Å²) in [4.78, 5) is 14.3. The van der Waals surface area contributed by atoms with Crippen molar-refractivity contribution < 1.29 is 4.79 Å². The van der Waals surface area contributed by atoms with Gasteiger partial charge in [0.05, 0.1) is 11.9 Å². The molecule has 3 N–H and O–H groups in total. The molecule has 0 aliphatic heterocycles. The van der Waals surface area contributed by atoms with Crippen LogP contribution in [0.4, 0.5) is 5.69 Å². The summed E-state index contributed by atoms with van der Waals surface area (Å²) in [6.45, 7) is 0.644. The number of nitrogens with two attached hydrogens (primary N) is 1. The average molecular weight is 262 g/mol. The van der Waals surface area contributed by atoms with Crippen LogP contribution in [0.1, 0.15) is 28.9 Å². The van der Waals surface area contributed by atoms with Gasteiger partial charge >= 0.3 is 0 Å². The van der Waals surface area contributed by atoms with Crippen LogP contribution in [0.2, 0.25) is 0 Å². The Morgan fingerprint density at radius 2 is 2.44 bits per heavy atom. The van der Waals surface area contributed by atoms with Crippen molar-refractivity contribution in [1.82, 2.24) is 15.1 Å². The zero-order chi connectivity index (χ0) is 12.5. The van der Waals surface area contributed by atoms with Gasteiger partial charge in [0.15, 0.2) is 0 Å². The maximum Gasteiger partial charge on any atom is 0.274 e. The van der Waals surface area contributed by atoms with Crippen LogP contribution in [-0.2, 0) is 6.54 Å². The number of hydrogen-bond donors (Lipinski definition) is 2. The van der Waals surface area contributed by atoms with Crippen LogP contribution in [0.25, 0.3) is 0 Å². The number of hydrogen-bond acceptors (Lipinski definition) is 4. The fraction of sp³-hybridized carbons (Fsp3) is 0.333. The first-order valence-corrected chi connectivity index (χ1v) is 6.81. The lowest BCUT2D eigenvalue weighted by Crippen LogP contribution is -2.33. The third-order valence-electron chi connectivity index (χ3n) is 3.06. The van der Waals surface area contributed by atoms with Crippen LogP contribution in [0, 0.1) is 0 Å². The van der Waals surface area contributed by atoms with E-state index in [0.717, 1.165) is 12.8 Å². The first-order valence-electron chi connectivity index (χ1n) is 5.86. The highest BCUT2D eigenvalue weighted by molar-refractivity contribution is 7.07. The standard InChI is InChI=1S/C12H14N4OS/c13-10-5-14-15-11(10)12(17)16(9-1-2-9)6-8-3-4-18-7-8/h3-5,7,9H,1-2,6,13H2,(H,14,15). The van der Waals surface area contributed by atoms with E-state index in [0.29, 0.717) is 24.0 Å². The SMILES string of the molecule is Nc1cn[nH]c1C(=O)N(Cc1ccsc1)C1CC1. The second-order valence-corrected chi connectivity index (χ2v) is 5.28. The number of aromatic amines is 1. The minimum atomic E-state index is -0.0568. The van der Waals surface area contributed by atoms with E-state index in [2.05, 4.69) is 15.6 Å². The molecule has 2 aromatic heterocycles. The van der Waals surface area contributed by atoms with Crippen LogP contribution in [0.5, 0.6) is 0 Å². The molecule has 18 heavy (non-hydrogen) atoms. The molecule has 1 amide bonds. The van der Waals surface area contributed by atoms with E-state index < -0.39 is 0 Å². The first kappa shape index (κ1) is 11.3. The second kappa shape index (κ2) is 4.45. The predicted octanol–water partition coefficient (Wildman–Crippen LogP) is 1.86. The molecule has 0 aromatic carbocycles. The summed E-state index contributed by atoms with van der Waals surface area (Å²) < 4.78 is 0. The monoisotopic (exact) mass is 262 g/mol. The lowest BCUT2D eigenvalue weighted by molar-refractivity contribution is 0.0725. The number of nitrogen functional groups attached to an aromatic ring is 1. The normalized spacial score (nSPS) is 14.7. The molecule has 1 aliphatic rings. The van der Waals surface area contributed by atoms with Crippen LogP contribution < -0.4 is 5.73 Å². The van der Waals surface area contributed by atoms with Gasteiger partial charge in [0.25, 0.3) is 5.91 Å². The van der Waals surface area contributed by atoms with E-state index in [1.165, 1.54) is 11.8 Å². The van der Waals surface area contributed by atoms with Gasteiger partial charge in [-0.05, 0) is 35.2 Å². The van der Waals surface area contributed by atoms with Crippen molar-refractivity contribution in [3.05, 3.63) is 34.3 Å². The van der Waals surface area contributed by atoms with E-state index >= 15 is 0 Å². The second-order valence-electron chi connectivity index (χ2n) is 4.50. The molecule has 1 fully saturated rings. The van der Waals surface area contributed by atoms with Crippen molar-refractivity contribution in [3.63, 3.8) is 0 Å². The highest BCUT2D eigenvalue weighted by Gasteiger charge is 2.34. The van der Waals surface area contributed by atoms with Crippen LogP contribution >= 0.6 is 11.3 Å². The molecule has 94 valence electrons. The molecule has 2 heterocycles. The predicted molar refractivity (Wildman–Crippen MR) is 70.2 cm³/mol. The molecular formula is C12H14N4OS. The Balaban J connectivity index is 1.82. The molecular weight excluding hydrogens is 248 g/mol. The maximum atomic E-state index is 12.4. The Bertz CT molecular complexity index is 544. The summed E-state index contributed by atoms with van der Waals surface area (Å²) in [6, 6.07) is 2.39. The smallest absolute Gasteiger partial charge is 0.274 e. The molecule has 2 aromatic rings. The number of carbonyl (C=O) groups is 1. The van der Waals surface area contributed by atoms with Gasteiger partial charge in [-0.15, -0.1) is 0 Å². The molecule has 3 rings (SSSR count). The van der Waals surface area contributed by atoms with E-state index in [4.69, 9.17) is 5.73 Å². The van der Waals surface area contributed by atoms with E-state index in [1.807, 2.05) is 16.3 Å². The summed E-state index contributed by atoms with van der Waals surface area (Å²) in [5.74, 6) is -0.0568. The number of anilines is 1. The first-order chi connectivity index (χ1) is 8.75. The molecule has 0 spiro atoms. The zero-order valence-electron chi connectivity index (χ0n) is 9.80. The molecule has 1 saturated carbocycles. The third kappa shape index (κ3) is 2.11. The molecule has 0 bridgehead atoms. The van der Waals surface area contributed by atoms with Crippen molar-refractivity contribution in [2.45, 2.75) is 25.4 Å². The van der Waals surface area contributed by atoms with Gasteiger partial charge in [0.2, 0.25) is 0 Å². The van der Waals surface area contributed by atoms with E-state index in [-0.39, 0.29) is 5.91 Å². The summed E-state index contributed by atoms with van der Waals surface area (Å²) in [5, 5.41) is 10.6. The minimum Gasteiger partial charge on any atom is -0.396 e. The zero-order valence-corrected chi connectivity index (χ0v) is 10.6. The number of H-pyrrole nitrogens is 1. The molecule has 6 heteroatoms. The van der Waals surface area contributed by atoms with Gasteiger partial charge in [-0.3, -0.25) is 9.89 Å². The molecule has 0 radical (unpaired) electrons. The topological polar surface area (TPSA) is 75.0 Å². The van der Waals surface area contributed by atoms with Crippen molar-refractivity contribution in [2.75, 3.05) is 5.73 Å². The lowest BCUT2D eigenvalue weighted by atomic mass is 10.2. The number of aromatic nitrogens is 2. The van der Waals surface area contributed by atoms with Gasteiger partial charge in [-0.25, -0.2) is 0 Å². The van der Waals surface area contributed by atoms with Crippen LogP contribution in [0.15, 0.2) is 23.0 Å². The summed E-state index contributed by atoms with van der Waals surface area (Å²) >= 11 is 1.64. The van der Waals surface area contributed by atoms with Crippen LogP contribution in [-0.4, -0.2) is 27.0 Å². The van der Waals surface area contributed by atoms with Crippen LogP contribution in [0.3, 0.4) is 0 Å². The maximum absolute atomic E-state index is 12.4. The van der Waals surface area contributed by atoms with Gasteiger partial charge in [0.1, 0.15) is 5.69 Å². The molecule has 0 saturated heterocycles. The van der Waals surface area contributed by atoms with E-state index in [9.17, 15) is 4.79 Å². The van der Waals surface area contributed by atoms with Crippen molar-refractivity contribution in [1.29, 1.82) is 0 Å². The summed E-state index contributed by atoms with van der Waals surface area (Å²) in [6.07, 6.45) is 3.62. The Labute approximate surface area is 109 Å². The number of rotatable bonds is 4. The highest BCUT2D eigenvalue weighted by atomic mass is 32.1. The fourth-order valence-corrected chi connectivity index (χ4v) is 2.60. The molecule has 0 atom stereocenters. The van der Waals surface area contributed by atoms with Gasteiger partial charge in [-0.2, -0.15) is 16.4 Å². The Morgan fingerprint density at radius 3 is 3.00 bits per heavy atom. The van der Waals surface area contributed by atoms with Gasteiger partial charge in [0, 0.05) is 12.6 Å². The Kier molecular flexibility index (Phi) is 2.79. The van der Waals surface area contributed by atoms with Crippen molar-refractivity contribution in [2.24, 2.45) is 0 Å². The number of carbonyl (C=O) groups excluding carboxylic acids is 1. The number of nitrogens with zero attached hydrogens (tertiary/aromatic N) is 2. The summed E-state index contributed by atoms with van der Waals surface area (Å²) in [7, 11) is 0. The number of nitrogens with one attached hydrogen (secondary N) is 1. The quantitative estimate of drug-likeness (QED) is 0.883. The lowest BCUT2D eigenvalue weighted by Gasteiger charge is -2.21. The Morgan fingerprint density at radius 1 is 1.61 bits per heavy atom. The Hall–Kier alpha value is -1.82. The molecule has 0 unspecified atom stereocenters.